The van der Waals surface area contributed by atoms with Gasteiger partial charge in [0.2, 0.25) is 11.7 Å². The van der Waals surface area contributed by atoms with Crippen LogP contribution >= 0.6 is 0 Å². The van der Waals surface area contributed by atoms with E-state index < -0.39 is 64.1 Å². The van der Waals surface area contributed by atoms with Crippen LogP contribution in [0.1, 0.15) is 43.9 Å². The molecule has 3 aliphatic carbocycles. The summed E-state index contributed by atoms with van der Waals surface area (Å²) in [6, 6.07) is 8.88. The number of ketones is 2. The van der Waals surface area contributed by atoms with E-state index in [-0.39, 0.29) is 29.7 Å². The second kappa shape index (κ2) is 10.2. The summed E-state index contributed by atoms with van der Waals surface area (Å²) in [5.74, 6) is -7.49. The highest BCUT2D eigenvalue weighted by Gasteiger charge is 2.67. The van der Waals surface area contributed by atoms with Crippen molar-refractivity contribution in [2.45, 2.75) is 56.8 Å². The van der Waals surface area contributed by atoms with Gasteiger partial charge in [0, 0.05) is 42.9 Å². The van der Waals surface area contributed by atoms with Crippen LogP contribution in [0.15, 0.2) is 35.9 Å². The van der Waals surface area contributed by atoms with Crippen LogP contribution in [-0.4, -0.2) is 88.7 Å². The molecule has 0 aliphatic heterocycles. The maximum Gasteiger partial charge on any atom is 0.230 e. The zero-order valence-corrected chi connectivity index (χ0v) is 25.7. The third-order valence-corrected chi connectivity index (χ3v) is 9.59. The number of aliphatic hydroxyl groups is 3. The van der Waals surface area contributed by atoms with Gasteiger partial charge in [-0.2, -0.15) is 0 Å². The molecule has 2 fully saturated rings. The molecule has 2 saturated carbocycles. The Morgan fingerprint density at radius 3 is 2.16 bits per heavy atom. The number of carbonyl (C=O) groups is 3. The van der Waals surface area contributed by atoms with Gasteiger partial charge in [0.05, 0.1) is 11.7 Å². The molecule has 2 aromatic rings. The Bertz CT molecular complexity index is 1550. The molecule has 2 aromatic carbocycles. The van der Waals surface area contributed by atoms with E-state index >= 15 is 0 Å². The molecular formula is C33H41N3O7. The van der Waals surface area contributed by atoms with Crippen LogP contribution in [0.4, 0.5) is 5.69 Å². The van der Waals surface area contributed by atoms with Gasteiger partial charge in [-0.3, -0.25) is 14.4 Å². The highest BCUT2D eigenvalue weighted by Crippen LogP contribution is 2.54. The van der Waals surface area contributed by atoms with Gasteiger partial charge in [-0.1, -0.05) is 32.9 Å². The van der Waals surface area contributed by atoms with Gasteiger partial charge >= 0.3 is 0 Å². The molecule has 6 atom stereocenters. The fourth-order valence-electron chi connectivity index (χ4n) is 7.44. The molecule has 230 valence electrons. The molecule has 3 aliphatic rings. The third-order valence-electron chi connectivity index (χ3n) is 9.59. The van der Waals surface area contributed by atoms with Crippen molar-refractivity contribution in [2.24, 2.45) is 23.5 Å². The topological polar surface area (TPSA) is 165 Å². The minimum Gasteiger partial charge on any atom is -0.507 e. The highest BCUT2D eigenvalue weighted by molar-refractivity contribution is 6.25. The van der Waals surface area contributed by atoms with Crippen LogP contribution in [-0.2, 0) is 26.2 Å². The number of anilines is 1. The van der Waals surface area contributed by atoms with E-state index in [0.29, 0.717) is 11.1 Å². The molecule has 0 radical (unpaired) electrons. The number of benzene rings is 2. The normalized spacial score (nSPS) is 28.8. The van der Waals surface area contributed by atoms with E-state index in [9.17, 15) is 34.8 Å². The first-order valence-electron chi connectivity index (χ1n) is 14.5. The first kappa shape index (κ1) is 30.7. The fraction of sp³-hybridized carbons (Fsp3) is 0.485. The summed E-state index contributed by atoms with van der Waals surface area (Å²) in [6.45, 7) is 5.79. The monoisotopic (exact) mass is 591 g/mol. The lowest BCUT2D eigenvalue weighted by Gasteiger charge is -2.53. The predicted octanol–water partition coefficient (Wildman–Crippen LogP) is 2.16. The van der Waals surface area contributed by atoms with Crippen LogP contribution in [0, 0.1) is 17.8 Å². The van der Waals surface area contributed by atoms with Crippen LogP contribution < -0.4 is 10.6 Å². The average Bonchev–Trinajstić information content (AvgIpc) is 2.90. The molecule has 0 bridgehead atoms. The number of phenolic OH excluding ortho intramolecular Hbond substituents is 1. The Morgan fingerprint density at radius 1 is 1.05 bits per heavy atom. The number of Topliss-reactive ketones (excluding diaryl/α,β-unsaturated/α-hetero) is 2. The number of hydrogen-bond donors (Lipinski definition) is 5. The van der Waals surface area contributed by atoms with Gasteiger partial charge in [-0.15, -0.1) is 0 Å². The van der Waals surface area contributed by atoms with Crippen molar-refractivity contribution in [2.75, 3.05) is 33.1 Å². The number of fused-ring (bicyclic) bond motifs is 3. The molecule has 6 N–H and O–H groups in total. The molecule has 0 aromatic heterocycles. The molecule has 0 heterocycles. The largest absolute Gasteiger partial charge is 0.507 e. The van der Waals surface area contributed by atoms with Crippen molar-refractivity contribution in [3.63, 3.8) is 0 Å². The molecule has 10 heteroatoms. The molecule has 1 amide bonds. The third kappa shape index (κ3) is 4.46. The number of likely N-dealkylation sites (N-methyl/N-ethyl adjacent to an activating group) is 1. The van der Waals surface area contributed by atoms with E-state index in [0.717, 1.165) is 16.8 Å². The first-order valence-corrected chi connectivity index (χ1v) is 14.5. The zero-order valence-electron chi connectivity index (χ0n) is 25.7. The lowest BCUT2D eigenvalue weighted by Crippen LogP contribution is -2.73. The summed E-state index contributed by atoms with van der Waals surface area (Å²) >= 11 is 0. The second-order valence-corrected chi connectivity index (χ2v) is 13.7. The Hall–Kier alpha value is -3.73. The molecule has 5 rings (SSSR count). The average molecular weight is 592 g/mol. The summed E-state index contributed by atoms with van der Waals surface area (Å²) in [4.78, 5) is 43.7. The van der Waals surface area contributed by atoms with Crippen molar-refractivity contribution in [3.05, 3.63) is 52.6 Å². The van der Waals surface area contributed by atoms with Crippen molar-refractivity contribution in [1.82, 2.24) is 4.90 Å². The summed E-state index contributed by atoms with van der Waals surface area (Å²) in [7, 11) is 7.15. The van der Waals surface area contributed by atoms with Gasteiger partial charge in [0.1, 0.15) is 17.4 Å². The standard InChI is InChI=1S/C33H41N3O7/c1-32(2,3)21-14-18(15-8-10-17(11-9-15)35(4)5)19-12-16-13-20-25(36(6)7)28(39)24(31(34)42)30(41)33(20,43)29(40)22(16)27(38)23(19)26(21)37/h8-11,14,16,20,24-25,28,37-39,43H,12-13H2,1-7H3,(H2,34,42)/t16-,20-,24?,25-,28?,33-/m1/s1. The predicted molar refractivity (Wildman–Crippen MR) is 163 cm³/mol. The lowest BCUT2D eigenvalue weighted by atomic mass is 9.54. The number of phenols is 1. The minimum absolute atomic E-state index is 0.0684. The number of nitrogens with zero attached hydrogens (tertiary/aromatic N) is 2. The van der Waals surface area contributed by atoms with Gasteiger partial charge in [0.15, 0.2) is 11.4 Å². The van der Waals surface area contributed by atoms with Crippen LogP contribution in [0.5, 0.6) is 5.75 Å². The van der Waals surface area contributed by atoms with E-state index in [1.165, 1.54) is 0 Å². The zero-order chi connectivity index (χ0) is 31.9. The van der Waals surface area contributed by atoms with Crippen molar-refractivity contribution < 1.29 is 34.8 Å². The van der Waals surface area contributed by atoms with Crippen molar-refractivity contribution in [1.29, 1.82) is 0 Å². The van der Waals surface area contributed by atoms with E-state index in [4.69, 9.17) is 5.73 Å². The maximum atomic E-state index is 14.2. The van der Waals surface area contributed by atoms with E-state index in [1.54, 1.807) is 19.0 Å². The summed E-state index contributed by atoms with van der Waals surface area (Å²) in [5.41, 5.74) is 6.04. The summed E-state index contributed by atoms with van der Waals surface area (Å²) in [6.07, 6.45) is -1.23. The Kier molecular flexibility index (Phi) is 7.27. The number of aliphatic hydroxyl groups excluding tert-OH is 2. The van der Waals surface area contributed by atoms with Crippen molar-refractivity contribution >= 4 is 28.9 Å². The number of nitrogens with two attached hydrogens (primary N) is 1. The van der Waals surface area contributed by atoms with E-state index in [1.807, 2.05) is 70.1 Å². The lowest BCUT2D eigenvalue weighted by molar-refractivity contribution is -0.184. The Morgan fingerprint density at radius 2 is 1.65 bits per heavy atom. The van der Waals surface area contributed by atoms with Gasteiger partial charge in [-0.25, -0.2) is 0 Å². The smallest absolute Gasteiger partial charge is 0.230 e. The molecule has 10 nitrogen and oxygen atoms in total. The minimum atomic E-state index is -2.69. The fourth-order valence-corrected chi connectivity index (χ4v) is 7.44. The molecule has 0 spiro atoms. The number of amides is 1. The Balaban J connectivity index is 1.76. The molecule has 0 saturated heterocycles. The SMILES string of the molecule is CN(C)c1ccc(-c2cc(C(C)(C)C)c(O)c3c2C[C@@H]2C[C@@H]4[C@@H](N(C)C)C(O)C(C(N)=O)C(=O)[C@]4(O)C(=O)C2=C3O)cc1. The van der Waals surface area contributed by atoms with Crippen LogP contribution in [0.2, 0.25) is 0 Å². The number of rotatable bonds is 4. The quantitative estimate of drug-likeness (QED) is 0.335. The van der Waals surface area contributed by atoms with E-state index in [2.05, 4.69) is 0 Å². The number of primary amides is 1. The van der Waals surface area contributed by atoms with Crippen LogP contribution in [0.25, 0.3) is 16.9 Å². The number of aromatic hydroxyl groups is 1. The molecule has 43 heavy (non-hydrogen) atoms. The first-order chi connectivity index (χ1) is 19.9. The van der Waals surface area contributed by atoms with Crippen molar-refractivity contribution in [3.8, 4) is 16.9 Å². The van der Waals surface area contributed by atoms with Gasteiger partial charge < -0.3 is 36.0 Å². The van der Waals surface area contributed by atoms with Gasteiger partial charge in [0.25, 0.3) is 0 Å². The highest BCUT2D eigenvalue weighted by atomic mass is 16.3. The number of hydrogen-bond acceptors (Lipinski definition) is 9. The second-order valence-electron chi connectivity index (χ2n) is 13.7. The van der Waals surface area contributed by atoms with Crippen LogP contribution in [0.3, 0.4) is 0 Å². The van der Waals surface area contributed by atoms with Gasteiger partial charge in [-0.05, 0) is 73.2 Å². The molecular weight excluding hydrogens is 550 g/mol. The maximum absolute atomic E-state index is 14.2. The Labute approximate surface area is 251 Å². The number of carbonyl (C=O) groups excluding carboxylic acids is 3. The summed E-state index contributed by atoms with van der Waals surface area (Å²) < 4.78 is 0. The summed E-state index contributed by atoms with van der Waals surface area (Å²) in [5, 5.41) is 46.4. The molecule has 2 unspecified atom stereocenters.